The molecular formula is C13H14ClN3O. The Morgan fingerprint density at radius 3 is 2.94 bits per heavy atom. The number of aromatic nitrogens is 3. The molecule has 18 heavy (non-hydrogen) atoms. The molecule has 5 heteroatoms. The molecule has 94 valence electrons. The van der Waals surface area contributed by atoms with Crippen LogP contribution >= 0.6 is 11.6 Å². The van der Waals surface area contributed by atoms with Crippen LogP contribution in [0.5, 0.6) is 0 Å². The Kier molecular flexibility index (Phi) is 3.77. The summed E-state index contributed by atoms with van der Waals surface area (Å²) >= 11 is 6.16. The number of halogens is 1. The van der Waals surface area contributed by atoms with Crippen molar-refractivity contribution in [3.8, 4) is 0 Å². The van der Waals surface area contributed by atoms with E-state index >= 15 is 0 Å². The quantitative estimate of drug-likeness (QED) is 0.797. The number of nitrogens with zero attached hydrogens (tertiary/aromatic N) is 3. The fourth-order valence-electron chi connectivity index (χ4n) is 1.77. The van der Waals surface area contributed by atoms with E-state index in [1.807, 2.05) is 26.0 Å². The maximum absolute atomic E-state index is 12.4. The number of benzene rings is 1. The van der Waals surface area contributed by atoms with Gasteiger partial charge in [0.25, 0.3) is 0 Å². The fraction of sp³-hybridized carbons (Fsp3) is 0.308. The van der Waals surface area contributed by atoms with Gasteiger partial charge < -0.3 is 0 Å². The molecule has 2 aromatic rings. The van der Waals surface area contributed by atoms with Crippen molar-refractivity contribution in [2.45, 2.75) is 26.8 Å². The minimum Gasteiger partial charge on any atom is -0.287 e. The Hall–Kier alpha value is -1.68. The second kappa shape index (κ2) is 5.31. The van der Waals surface area contributed by atoms with Gasteiger partial charge in [-0.1, -0.05) is 35.9 Å². The van der Waals surface area contributed by atoms with E-state index in [9.17, 15) is 4.79 Å². The zero-order valence-corrected chi connectivity index (χ0v) is 11.1. The molecule has 0 spiro atoms. The molecule has 1 aromatic carbocycles. The van der Waals surface area contributed by atoms with Crippen molar-refractivity contribution in [3.63, 3.8) is 0 Å². The lowest BCUT2D eigenvalue weighted by Crippen LogP contribution is -2.12. The van der Waals surface area contributed by atoms with E-state index < -0.39 is 0 Å². The summed E-state index contributed by atoms with van der Waals surface area (Å²) < 4.78 is 1.61. The van der Waals surface area contributed by atoms with E-state index in [0.717, 1.165) is 12.0 Å². The predicted molar refractivity (Wildman–Crippen MR) is 69.9 cm³/mol. The van der Waals surface area contributed by atoms with Crippen molar-refractivity contribution in [3.05, 3.63) is 46.2 Å². The topological polar surface area (TPSA) is 47.8 Å². The van der Waals surface area contributed by atoms with Crippen molar-refractivity contribution in [1.82, 2.24) is 15.0 Å². The van der Waals surface area contributed by atoms with Crippen molar-refractivity contribution in [2.24, 2.45) is 0 Å². The first-order valence-corrected chi connectivity index (χ1v) is 6.21. The summed E-state index contributed by atoms with van der Waals surface area (Å²) in [7, 11) is 0. The normalized spacial score (nSPS) is 10.6. The third-order valence-corrected chi connectivity index (χ3v) is 3.22. The van der Waals surface area contributed by atoms with Crippen LogP contribution in [0.1, 0.15) is 35.0 Å². The van der Waals surface area contributed by atoms with E-state index in [1.54, 1.807) is 10.7 Å². The lowest BCUT2D eigenvalue weighted by molar-refractivity contribution is 0.102. The number of carbonyl (C=O) groups is 1. The number of ketones is 1. The van der Waals surface area contributed by atoms with E-state index in [-0.39, 0.29) is 5.78 Å². The first kappa shape index (κ1) is 12.8. The SMILES string of the molecule is CCCn1nncc1C(=O)c1cccc(C)c1Cl. The van der Waals surface area contributed by atoms with Crippen molar-refractivity contribution < 1.29 is 4.79 Å². The van der Waals surface area contributed by atoms with Crippen LogP contribution in [-0.4, -0.2) is 20.8 Å². The summed E-state index contributed by atoms with van der Waals surface area (Å²) in [5.41, 5.74) is 1.86. The lowest BCUT2D eigenvalue weighted by atomic mass is 10.1. The molecule has 0 N–H and O–H groups in total. The molecule has 0 fully saturated rings. The van der Waals surface area contributed by atoms with Crippen LogP contribution in [0.15, 0.2) is 24.4 Å². The third-order valence-electron chi connectivity index (χ3n) is 2.72. The van der Waals surface area contributed by atoms with Crippen molar-refractivity contribution >= 4 is 17.4 Å². The van der Waals surface area contributed by atoms with Crippen molar-refractivity contribution in [1.29, 1.82) is 0 Å². The number of aryl methyl sites for hydroxylation is 2. The number of hydrogen-bond acceptors (Lipinski definition) is 3. The zero-order chi connectivity index (χ0) is 13.1. The van der Waals surface area contributed by atoms with Crippen LogP contribution in [0.25, 0.3) is 0 Å². The second-order valence-electron chi connectivity index (χ2n) is 4.11. The fourth-order valence-corrected chi connectivity index (χ4v) is 1.98. The maximum atomic E-state index is 12.4. The number of rotatable bonds is 4. The van der Waals surface area contributed by atoms with Gasteiger partial charge in [0.05, 0.1) is 11.2 Å². The maximum Gasteiger partial charge on any atom is 0.214 e. The highest BCUT2D eigenvalue weighted by Crippen LogP contribution is 2.22. The Morgan fingerprint density at radius 2 is 2.22 bits per heavy atom. The van der Waals surface area contributed by atoms with Crippen LogP contribution in [-0.2, 0) is 6.54 Å². The first-order valence-electron chi connectivity index (χ1n) is 5.83. The zero-order valence-electron chi connectivity index (χ0n) is 10.4. The van der Waals surface area contributed by atoms with Gasteiger partial charge in [0.1, 0.15) is 5.69 Å². The summed E-state index contributed by atoms with van der Waals surface area (Å²) in [6, 6.07) is 5.42. The van der Waals surface area contributed by atoms with Crippen LogP contribution in [0, 0.1) is 6.92 Å². The van der Waals surface area contributed by atoms with Crippen LogP contribution in [0.3, 0.4) is 0 Å². The molecule has 0 amide bonds. The van der Waals surface area contributed by atoms with Gasteiger partial charge in [0.2, 0.25) is 5.78 Å². The molecule has 0 saturated heterocycles. The van der Waals surface area contributed by atoms with Gasteiger partial charge in [-0.3, -0.25) is 4.79 Å². The molecule has 0 atom stereocenters. The molecule has 4 nitrogen and oxygen atoms in total. The molecule has 0 saturated carbocycles. The molecule has 0 aliphatic carbocycles. The highest BCUT2D eigenvalue weighted by molar-refractivity contribution is 6.35. The average Bonchev–Trinajstić information content (AvgIpc) is 2.80. The van der Waals surface area contributed by atoms with Crippen LogP contribution in [0.2, 0.25) is 5.02 Å². The Bertz CT molecular complexity index is 577. The predicted octanol–water partition coefficient (Wildman–Crippen LogP) is 2.88. The lowest BCUT2D eigenvalue weighted by Gasteiger charge is -2.07. The molecule has 0 aliphatic rings. The summed E-state index contributed by atoms with van der Waals surface area (Å²) in [5, 5.41) is 8.19. The van der Waals surface area contributed by atoms with Gasteiger partial charge in [-0.2, -0.15) is 0 Å². The Balaban J connectivity index is 2.42. The van der Waals surface area contributed by atoms with Gasteiger partial charge in [0.15, 0.2) is 0 Å². The van der Waals surface area contributed by atoms with Crippen molar-refractivity contribution in [2.75, 3.05) is 0 Å². The number of carbonyl (C=O) groups excluding carboxylic acids is 1. The Morgan fingerprint density at radius 1 is 1.44 bits per heavy atom. The molecule has 0 bridgehead atoms. The monoisotopic (exact) mass is 263 g/mol. The van der Waals surface area contributed by atoms with Gasteiger partial charge in [-0.05, 0) is 25.0 Å². The molecule has 1 heterocycles. The van der Waals surface area contributed by atoms with Crippen LogP contribution < -0.4 is 0 Å². The van der Waals surface area contributed by atoms with Gasteiger partial charge in [0, 0.05) is 12.1 Å². The minimum atomic E-state index is -0.137. The van der Waals surface area contributed by atoms with Gasteiger partial charge in [-0.25, -0.2) is 4.68 Å². The van der Waals surface area contributed by atoms with E-state index in [0.29, 0.717) is 22.8 Å². The van der Waals surface area contributed by atoms with Gasteiger partial charge in [-0.15, -0.1) is 5.10 Å². The number of hydrogen-bond donors (Lipinski definition) is 0. The van der Waals surface area contributed by atoms with Gasteiger partial charge >= 0.3 is 0 Å². The summed E-state index contributed by atoms with van der Waals surface area (Å²) in [6.07, 6.45) is 2.38. The molecular weight excluding hydrogens is 250 g/mol. The average molecular weight is 264 g/mol. The minimum absolute atomic E-state index is 0.137. The Labute approximate surface area is 111 Å². The highest BCUT2D eigenvalue weighted by Gasteiger charge is 2.18. The summed E-state index contributed by atoms with van der Waals surface area (Å²) in [4.78, 5) is 12.4. The van der Waals surface area contributed by atoms with Crippen LogP contribution in [0.4, 0.5) is 0 Å². The molecule has 1 aromatic heterocycles. The standard InChI is InChI=1S/C13H14ClN3O/c1-3-7-17-11(8-15-16-17)13(18)10-6-4-5-9(2)12(10)14/h4-6,8H,3,7H2,1-2H3. The molecule has 0 aliphatic heterocycles. The second-order valence-corrected chi connectivity index (χ2v) is 4.49. The smallest absolute Gasteiger partial charge is 0.214 e. The summed E-state index contributed by atoms with van der Waals surface area (Å²) in [6.45, 7) is 4.57. The first-order chi connectivity index (χ1) is 8.65. The molecule has 0 radical (unpaired) electrons. The highest BCUT2D eigenvalue weighted by atomic mass is 35.5. The van der Waals surface area contributed by atoms with E-state index in [2.05, 4.69) is 10.3 Å². The van der Waals surface area contributed by atoms with E-state index in [4.69, 9.17) is 11.6 Å². The van der Waals surface area contributed by atoms with E-state index in [1.165, 1.54) is 6.20 Å². The summed E-state index contributed by atoms with van der Waals surface area (Å²) in [5.74, 6) is -0.137. The third kappa shape index (κ3) is 2.29. The molecule has 2 rings (SSSR count). The largest absolute Gasteiger partial charge is 0.287 e. The molecule has 0 unspecified atom stereocenters.